The Bertz CT molecular complexity index is 779. The minimum absolute atomic E-state index is 0.00110. The lowest BCUT2D eigenvalue weighted by Crippen LogP contribution is -2.60. The molecule has 4 rings (SSSR count). The molecule has 0 unspecified atom stereocenters. The maximum absolute atomic E-state index is 12.7. The van der Waals surface area contributed by atoms with Crippen LogP contribution in [0.3, 0.4) is 0 Å². The summed E-state index contributed by atoms with van der Waals surface area (Å²) >= 11 is 0. The van der Waals surface area contributed by atoms with Crippen LogP contribution in [-0.2, 0) is 16.0 Å². The molecule has 0 atom stereocenters. The molecule has 7 nitrogen and oxygen atoms in total. The number of fused-ring (bicyclic) bond motifs is 1. The molecular formula is C19H24N4O3. The van der Waals surface area contributed by atoms with E-state index in [1.54, 1.807) is 12.1 Å². The molecule has 1 aromatic carbocycles. The lowest BCUT2D eigenvalue weighted by atomic mass is 9.88. The van der Waals surface area contributed by atoms with Crippen LogP contribution in [0.1, 0.15) is 28.8 Å². The zero-order chi connectivity index (χ0) is 18.5. The number of hydrogen-bond acceptors (Lipinski definition) is 4. The van der Waals surface area contributed by atoms with E-state index in [0.29, 0.717) is 37.5 Å². The van der Waals surface area contributed by atoms with Crippen molar-refractivity contribution >= 4 is 23.4 Å². The third-order valence-corrected chi connectivity index (χ3v) is 5.56. The topological polar surface area (TPSA) is 81.8 Å². The first-order valence-corrected chi connectivity index (χ1v) is 9.04. The molecule has 0 aromatic heterocycles. The van der Waals surface area contributed by atoms with Gasteiger partial charge in [0, 0.05) is 35.8 Å². The van der Waals surface area contributed by atoms with E-state index in [0.717, 1.165) is 24.1 Å². The summed E-state index contributed by atoms with van der Waals surface area (Å²) in [5.41, 5.74) is 2.19. The average Bonchev–Trinajstić information content (AvgIpc) is 3.16. The maximum atomic E-state index is 12.7. The number of likely N-dealkylation sites (N-methyl/N-ethyl adjacent to an activating group) is 1. The first kappa shape index (κ1) is 17.0. The fourth-order valence-electron chi connectivity index (χ4n) is 3.91. The summed E-state index contributed by atoms with van der Waals surface area (Å²) in [4.78, 5) is 39.9. The fraction of sp³-hybridized carbons (Fsp3) is 0.526. The molecule has 1 saturated heterocycles. The van der Waals surface area contributed by atoms with Crippen LogP contribution < -0.4 is 10.6 Å². The highest BCUT2D eigenvalue weighted by atomic mass is 16.2. The lowest BCUT2D eigenvalue weighted by Gasteiger charge is -2.44. The summed E-state index contributed by atoms with van der Waals surface area (Å²) in [6, 6.07) is 5.38. The Kier molecular flexibility index (Phi) is 3.99. The summed E-state index contributed by atoms with van der Waals surface area (Å²) in [5.74, 6) is 0.347. The highest BCUT2D eigenvalue weighted by Crippen LogP contribution is 2.46. The smallest absolute Gasteiger partial charge is 0.253 e. The van der Waals surface area contributed by atoms with E-state index in [4.69, 9.17) is 0 Å². The van der Waals surface area contributed by atoms with E-state index in [1.165, 1.54) is 0 Å². The van der Waals surface area contributed by atoms with Gasteiger partial charge < -0.3 is 20.4 Å². The van der Waals surface area contributed by atoms with Gasteiger partial charge in [-0.15, -0.1) is 0 Å². The molecule has 3 aliphatic rings. The zero-order valence-electron chi connectivity index (χ0n) is 15.2. The molecule has 0 bridgehead atoms. The number of likely N-dealkylation sites (tertiary alicyclic amines) is 1. The molecule has 2 N–H and O–H groups in total. The van der Waals surface area contributed by atoms with Crippen LogP contribution in [0.4, 0.5) is 5.69 Å². The van der Waals surface area contributed by atoms with Gasteiger partial charge in [-0.3, -0.25) is 14.4 Å². The van der Waals surface area contributed by atoms with Gasteiger partial charge in [-0.05, 0) is 50.7 Å². The Morgan fingerprint density at radius 2 is 2.04 bits per heavy atom. The van der Waals surface area contributed by atoms with Crippen LogP contribution in [-0.4, -0.2) is 66.8 Å². The third kappa shape index (κ3) is 3.07. The van der Waals surface area contributed by atoms with E-state index in [-0.39, 0.29) is 23.3 Å². The van der Waals surface area contributed by atoms with Crippen molar-refractivity contribution in [1.29, 1.82) is 0 Å². The van der Waals surface area contributed by atoms with E-state index >= 15 is 0 Å². The molecule has 2 heterocycles. The molecule has 1 saturated carbocycles. The second-order valence-corrected chi connectivity index (χ2v) is 7.95. The zero-order valence-corrected chi connectivity index (χ0v) is 15.2. The van der Waals surface area contributed by atoms with Gasteiger partial charge in [0.15, 0.2) is 0 Å². The molecule has 2 fully saturated rings. The van der Waals surface area contributed by atoms with E-state index in [2.05, 4.69) is 10.6 Å². The van der Waals surface area contributed by atoms with Gasteiger partial charge in [0.1, 0.15) is 0 Å². The number of anilines is 1. The Balaban J connectivity index is 1.35. The van der Waals surface area contributed by atoms with Crippen molar-refractivity contribution in [2.45, 2.75) is 24.8 Å². The van der Waals surface area contributed by atoms with Gasteiger partial charge >= 0.3 is 0 Å². The summed E-state index contributed by atoms with van der Waals surface area (Å²) in [7, 11) is 3.76. The number of benzene rings is 1. The number of amides is 3. The average molecular weight is 356 g/mol. The number of nitrogens with one attached hydrogen (secondary N) is 2. The second-order valence-electron chi connectivity index (χ2n) is 7.95. The maximum Gasteiger partial charge on any atom is 0.253 e. The highest BCUT2D eigenvalue weighted by molar-refractivity contribution is 6.01. The molecule has 1 aliphatic carbocycles. The highest BCUT2D eigenvalue weighted by Gasteiger charge is 2.55. The van der Waals surface area contributed by atoms with Crippen LogP contribution in [0.15, 0.2) is 18.2 Å². The SMILES string of the molecule is CN(C)CC(=O)NC1(C2CN(C(=O)c3ccc4c(c3)CC(=O)N4)C2)CC1. The summed E-state index contributed by atoms with van der Waals surface area (Å²) < 4.78 is 0. The molecule has 1 aromatic rings. The predicted molar refractivity (Wildman–Crippen MR) is 96.8 cm³/mol. The molecule has 0 radical (unpaired) electrons. The van der Waals surface area contributed by atoms with Crippen molar-refractivity contribution in [3.63, 3.8) is 0 Å². The summed E-state index contributed by atoms with van der Waals surface area (Å²) in [6.07, 6.45) is 2.32. The van der Waals surface area contributed by atoms with Crippen LogP contribution in [0.25, 0.3) is 0 Å². The Morgan fingerprint density at radius 3 is 2.69 bits per heavy atom. The fourth-order valence-corrected chi connectivity index (χ4v) is 3.91. The molecule has 0 spiro atoms. The van der Waals surface area contributed by atoms with Crippen molar-refractivity contribution in [2.24, 2.45) is 5.92 Å². The second kappa shape index (κ2) is 6.09. The van der Waals surface area contributed by atoms with E-state index in [1.807, 2.05) is 30.0 Å². The Hall–Kier alpha value is -2.41. The van der Waals surface area contributed by atoms with E-state index in [9.17, 15) is 14.4 Å². The van der Waals surface area contributed by atoms with Crippen molar-refractivity contribution in [1.82, 2.24) is 15.1 Å². The molecule has 26 heavy (non-hydrogen) atoms. The van der Waals surface area contributed by atoms with Crippen molar-refractivity contribution in [3.05, 3.63) is 29.3 Å². The van der Waals surface area contributed by atoms with Crippen LogP contribution in [0, 0.1) is 5.92 Å². The Labute approximate surface area is 152 Å². The normalized spacial score (nSPS) is 20.4. The van der Waals surface area contributed by atoms with Gasteiger partial charge in [-0.1, -0.05) is 0 Å². The van der Waals surface area contributed by atoms with Gasteiger partial charge in [0.25, 0.3) is 5.91 Å². The largest absolute Gasteiger partial charge is 0.349 e. The third-order valence-electron chi connectivity index (χ3n) is 5.56. The molecule has 138 valence electrons. The molecule has 2 aliphatic heterocycles. The van der Waals surface area contributed by atoms with Gasteiger partial charge in [0.2, 0.25) is 11.8 Å². The predicted octanol–water partition coefficient (Wildman–Crippen LogP) is 0.464. The number of hydrogen-bond donors (Lipinski definition) is 2. The van der Waals surface area contributed by atoms with Gasteiger partial charge in [-0.25, -0.2) is 0 Å². The van der Waals surface area contributed by atoms with Crippen molar-refractivity contribution in [2.75, 3.05) is 39.0 Å². The quantitative estimate of drug-likeness (QED) is 0.803. The number of rotatable bonds is 5. The van der Waals surface area contributed by atoms with Crippen molar-refractivity contribution < 1.29 is 14.4 Å². The molecular weight excluding hydrogens is 332 g/mol. The van der Waals surface area contributed by atoms with Gasteiger partial charge in [-0.2, -0.15) is 0 Å². The van der Waals surface area contributed by atoms with Crippen LogP contribution >= 0.6 is 0 Å². The summed E-state index contributed by atoms with van der Waals surface area (Å²) in [5, 5.41) is 5.95. The molecule has 3 amide bonds. The lowest BCUT2D eigenvalue weighted by molar-refractivity contribution is -0.123. The summed E-state index contributed by atoms with van der Waals surface area (Å²) in [6.45, 7) is 1.74. The minimum Gasteiger partial charge on any atom is -0.349 e. The number of nitrogens with zero attached hydrogens (tertiary/aromatic N) is 2. The van der Waals surface area contributed by atoms with Crippen LogP contribution in [0.5, 0.6) is 0 Å². The Morgan fingerprint density at radius 1 is 1.31 bits per heavy atom. The first-order chi connectivity index (χ1) is 12.4. The molecule has 7 heteroatoms. The minimum atomic E-state index is -0.113. The van der Waals surface area contributed by atoms with Crippen LogP contribution in [0.2, 0.25) is 0 Å². The standard InChI is InChI=1S/C19H24N4O3/c1-22(2)11-17(25)21-19(5-6-19)14-9-23(10-14)18(26)12-3-4-15-13(7-12)8-16(24)20-15/h3-4,7,14H,5-6,8-11H2,1-2H3,(H,20,24)(H,21,25). The van der Waals surface area contributed by atoms with Crippen molar-refractivity contribution in [3.8, 4) is 0 Å². The van der Waals surface area contributed by atoms with E-state index < -0.39 is 0 Å². The first-order valence-electron chi connectivity index (χ1n) is 9.04. The number of carbonyl (C=O) groups excluding carboxylic acids is 3. The monoisotopic (exact) mass is 356 g/mol. The number of carbonyl (C=O) groups is 3. The van der Waals surface area contributed by atoms with Gasteiger partial charge in [0.05, 0.1) is 13.0 Å².